The van der Waals surface area contributed by atoms with Gasteiger partial charge in [-0.05, 0) is 93.1 Å². The van der Waals surface area contributed by atoms with Crippen LogP contribution in [0, 0.1) is 6.92 Å². The molecule has 2 aliphatic rings. The van der Waals surface area contributed by atoms with Crippen LogP contribution in [0.5, 0.6) is 0 Å². The topological polar surface area (TPSA) is 0 Å². The largest absolute Gasteiger partial charge is 0.0620 e. The second-order valence-electron chi connectivity index (χ2n) is 9.50. The van der Waals surface area contributed by atoms with E-state index in [1.165, 1.54) is 61.2 Å². The Bertz CT molecular complexity index is 1320. The molecule has 0 spiro atoms. The monoisotopic (exact) mass is 386 g/mol. The van der Waals surface area contributed by atoms with E-state index in [1.807, 2.05) is 0 Å². The Labute approximate surface area is 179 Å². The first-order valence-corrected chi connectivity index (χ1v) is 11.0. The summed E-state index contributed by atoms with van der Waals surface area (Å²) >= 11 is 0. The highest BCUT2D eigenvalue weighted by Crippen LogP contribution is 2.52. The third-order valence-corrected chi connectivity index (χ3v) is 7.31. The maximum Gasteiger partial charge on any atom is 0.0159 e. The lowest BCUT2D eigenvalue weighted by Crippen LogP contribution is -2.15. The van der Waals surface area contributed by atoms with Crippen molar-refractivity contribution in [1.29, 1.82) is 0 Å². The predicted octanol–water partition coefficient (Wildman–Crippen LogP) is 7.46. The molecule has 0 nitrogen and oxygen atoms in total. The molecule has 0 radical (unpaired) electrons. The second-order valence-corrected chi connectivity index (χ2v) is 9.50. The van der Waals surface area contributed by atoms with Gasteiger partial charge in [0.2, 0.25) is 0 Å². The zero-order valence-corrected chi connectivity index (χ0v) is 17.9. The van der Waals surface area contributed by atoms with Crippen LogP contribution in [0.4, 0.5) is 0 Å². The van der Waals surface area contributed by atoms with Crippen molar-refractivity contribution in [3.8, 4) is 22.3 Å². The molecule has 0 heterocycles. The van der Waals surface area contributed by atoms with Gasteiger partial charge >= 0.3 is 0 Å². The molecule has 0 fully saturated rings. The number of hydrogen-bond donors (Lipinski definition) is 0. The highest BCUT2D eigenvalue weighted by Gasteiger charge is 2.37. The van der Waals surface area contributed by atoms with E-state index in [2.05, 4.69) is 99.6 Å². The van der Waals surface area contributed by atoms with Gasteiger partial charge in [-0.25, -0.2) is 0 Å². The summed E-state index contributed by atoms with van der Waals surface area (Å²) < 4.78 is 0. The number of benzene rings is 4. The quantitative estimate of drug-likeness (QED) is 0.295. The summed E-state index contributed by atoms with van der Waals surface area (Å²) in [4.78, 5) is 0. The molecule has 0 atom stereocenters. The Morgan fingerprint density at radius 3 is 2.30 bits per heavy atom. The molecule has 146 valence electrons. The lowest BCUT2D eigenvalue weighted by molar-refractivity contribution is 0.660. The fraction of sp³-hybridized carbons (Fsp3) is 0.200. The molecule has 0 aromatic heterocycles. The summed E-state index contributed by atoms with van der Waals surface area (Å²) in [6.45, 7) is 6.97. The summed E-state index contributed by atoms with van der Waals surface area (Å²) in [6.07, 6.45) is 2.05. The van der Waals surface area contributed by atoms with Gasteiger partial charge in [-0.1, -0.05) is 80.6 Å². The third-order valence-electron chi connectivity index (χ3n) is 7.31. The number of fused-ring (bicyclic) bond motifs is 6. The molecule has 0 N–H and O–H groups in total. The Morgan fingerprint density at radius 1 is 0.667 bits per heavy atom. The van der Waals surface area contributed by atoms with Crippen LogP contribution in [0.15, 0.2) is 78.9 Å². The van der Waals surface area contributed by atoms with E-state index in [-0.39, 0.29) is 5.41 Å². The van der Waals surface area contributed by atoms with Crippen LogP contribution < -0.4 is 0 Å². The van der Waals surface area contributed by atoms with Crippen LogP contribution in [0.2, 0.25) is 0 Å². The molecule has 30 heavy (non-hydrogen) atoms. The van der Waals surface area contributed by atoms with E-state index in [9.17, 15) is 0 Å². The standard InChI is InChI=1S/C30H26/c1-19-8-4-5-9-21(19)14-20-12-13-28-26(15-20)27-17-23-16-22-10-6-7-11-24(22)25(23)18-29(27)30(28,2)3/h4-13,15,17-18H,14,16H2,1-3H3. The second kappa shape index (κ2) is 6.19. The van der Waals surface area contributed by atoms with Crippen molar-refractivity contribution in [2.45, 2.75) is 39.0 Å². The average Bonchev–Trinajstić information content (AvgIpc) is 3.21. The first-order chi connectivity index (χ1) is 14.5. The molecule has 6 rings (SSSR count). The van der Waals surface area contributed by atoms with Crippen molar-refractivity contribution in [3.63, 3.8) is 0 Å². The van der Waals surface area contributed by atoms with Crippen LogP contribution in [-0.2, 0) is 18.3 Å². The fourth-order valence-electron chi connectivity index (χ4n) is 5.57. The molecule has 0 bridgehead atoms. The molecule has 0 saturated carbocycles. The SMILES string of the molecule is Cc1ccccc1Cc1ccc2c(c1)-c1cc3c(cc1C2(C)C)-c1ccccc1C3. The van der Waals surface area contributed by atoms with E-state index < -0.39 is 0 Å². The molecule has 0 saturated heterocycles. The minimum atomic E-state index is 0.0401. The summed E-state index contributed by atoms with van der Waals surface area (Å²) in [5, 5.41) is 0. The molecule has 0 unspecified atom stereocenters. The minimum absolute atomic E-state index is 0.0401. The molecule has 4 aromatic rings. The number of hydrogen-bond acceptors (Lipinski definition) is 0. The van der Waals surface area contributed by atoms with Crippen molar-refractivity contribution in [2.75, 3.05) is 0 Å². The number of rotatable bonds is 2. The summed E-state index contributed by atoms with van der Waals surface area (Å²) in [7, 11) is 0. The van der Waals surface area contributed by atoms with E-state index >= 15 is 0 Å². The lowest BCUT2D eigenvalue weighted by Gasteiger charge is -2.22. The number of aryl methyl sites for hydroxylation is 1. The van der Waals surface area contributed by atoms with Gasteiger partial charge < -0.3 is 0 Å². The van der Waals surface area contributed by atoms with Gasteiger partial charge in [-0.3, -0.25) is 0 Å². The Hall–Kier alpha value is -3.12. The molecule has 4 aromatic carbocycles. The van der Waals surface area contributed by atoms with E-state index in [0.29, 0.717) is 0 Å². The van der Waals surface area contributed by atoms with Gasteiger partial charge in [-0.15, -0.1) is 0 Å². The zero-order chi connectivity index (χ0) is 20.5. The fourth-order valence-corrected chi connectivity index (χ4v) is 5.57. The van der Waals surface area contributed by atoms with Crippen molar-refractivity contribution in [3.05, 3.63) is 118 Å². The summed E-state index contributed by atoms with van der Waals surface area (Å²) in [6, 6.07) is 29.7. The van der Waals surface area contributed by atoms with Crippen molar-refractivity contribution in [1.82, 2.24) is 0 Å². The zero-order valence-electron chi connectivity index (χ0n) is 17.9. The molecule has 0 heteroatoms. The molecule has 0 amide bonds. The maximum atomic E-state index is 2.48. The third kappa shape index (κ3) is 2.46. The minimum Gasteiger partial charge on any atom is -0.0620 e. The van der Waals surface area contributed by atoms with Crippen LogP contribution in [0.1, 0.15) is 52.8 Å². The Kier molecular flexibility index (Phi) is 3.65. The highest BCUT2D eigenvalue weighted by molar-refractivity contribution is 5.88. The van der Waals surface area contributed by atoms with Crippen LogP contribution >= 0.6 is 0 Å². The first kappa shape index (κ1) is 17.7. The van der Waals surface area contributed by atoms with E-state index in [4.69, 9.17) is 0 Å². The van der Waals surface area contributed by atoms with Gasteiger partial charge in [0.1, 0.15) is 0 Å². The normalized spacial score (nSPS) is 14.8. The molecule has 2 aliphatic carbocycles. The van der Waals surface area contributed by atoms with E-state index in [0.717, 1.165) is 12.8 Å². The van der Waals surface area contributed by atoms with Crippen LogP contribution in [-0.4, -0.2) is 0 Å². The van der Waals surface area contributed by atoms with Gasteiger partial charge in [0.05, 0.1) is 0 Å². The van der Waals surface area contributed by atoms with Gasteiger partial charge in [0, 0.05) is 5.41 Å². The van der Waals surface area contributed by atoms with Crippen LogP contribution in [0.3, 0.4) is 0 Å². The molecular weight excluding hydrogens is 360 g/mol. The molecular formula is C30H26. The smallest absolute Gasteiger partial charge is 0.0159 e. The van der Waals surface area contributed by atoms with Gasteiger partial charge in [-0.2, -0.15) is 0 Å². The highest BCUT2D eigenvalue weighted by atomic mass is 14.4. The van der Waals surface area contributed by atoms with Crippen molar-refractivity contribution < 1.29 is 0 Å². The van der Waals surface area contributed by atoms with Gasteiger partial charge in [0.25, 0.3) is 0 Å². The average molecular weight is 387 g/mol. The van der Waals surface area contributed by atoms with E-state index in [1.54, 1.807) is 0 Å². The molecule has 0 aliphatic heterocycles. The predicted molar refractivity (Wildman–Crippen MR) is 126 cm³/mol. The summed E-state index contributed by atoms with van der Waals surface area (Å²) in [5.41, 5.74) is 15.8. The van der Waals surface area contributed by atoms with Crippen molar-refractivity contribution >= 4 is 0 Å². The van der Waals surface area contributed by atoms with Gasteiger partial charge in [0.15, 0.2) is 0 Å². The first-order valence-electron chi connectivity index (χ1n) is 11.0. The Morgan fingerprint density at radius 2 is 1.43 bits per heavy atom. The van der Waals surface area contributed by atoms with Crippen molar-refractivity contribution in [2.24, 2.45) is 0 Å². The lowest BCUT2D eigenvalue weighted by atomic mass is 9.81. The maximum absolute atomic E-state index is 2.48. The van der Waals surface area contributed by atoms with Crippen LogP contribution in [0.25, 0.3) is 22.3 Å². The Balaban J connectivity index is 1.48. The summed E-state index contributed by atoms with van der Waals surface area (Å²) in [5.74, 6) is 0.